The van der Waals surface area contributed by atoms with Crippen LogP contribution in [0.3, 0.4) is 0 Å². The van der Waals surface area contributed by atoms with E-state index < -0.39 is 0 Å². The summed E-state index contributed by atoms with van der Waals surface area (Å²) >= 11 is 7.36. The minimum Gasteiger partial charge on any atom is -0.354 e. The quantitative estimate of drug-likeness (QED) is 0.821. The molecule has 104 valence electrons. The highest BCUT2D eigenvalue weighted by atomic mass is 35.5. The first-order valence-corrected chi connectivity index (χ1v) is 7.68. The Balaban J connectivity index is 2.43. The Labute approximate surface area is 132 Å². The van der Waals surface area contributed by atoms with E-state index in [0.717, 1.165) is 22.7 Å². The molecule has 0 aliphatic heterocycles. The first kappa shape index (κ1) is 15.3. The number of hydrogen-bond acceptors (Lipinski definition) is 3. The van der Waals surface area contributed by atoms with Gasteiger partial charge in [-0.15, -0.1) is 11.8 Å². The Kier molecular flexibility index (Phi) is 5.11. The van der Waals surface area contributed by atoms with E-state index in [1.807, 2.05) is 55.5 Å². The number of benzene rings is 1. The molecule has 0 fully saturated rings. The molecule has 0 radical (unpaired) electrons. The van der Waals surface area contributed by atoms with Gasteiger partial charge in [0.1, 0.15) is 17.7 Å². The Morgan fingerprint density at radius 2 is 1.81 bits per heavy atom. The standard InChI is InChI=1S/C16H12ClN3S/c1-2-21-16(12(9-18)10-19)15-8-7-14(20-15)11-3-5-13(17)6-4-11/h3-8,20H,2H2,1H3. The molecule has 2 aromatic rings. The van der Waals surface area contributed by atoms with E-state index in [1.54, 1.807) is 0 Å². The summed E-state index contributed by atoms with van der Waals surface area (Å²) < 4.78 is 0. The van der Waals surface area contributed by atoms with E-state index in [4.69, 9.17) is 22.1 Å². The highest BCUT2D eigenvalue weighted by molar-refractivity contribution is 8.08. The second-order valence-corrected chi connectivity index (χ2v) is 5.86. The van der Waals surface area contributed by atoms with Crippen molar-refractivity contribution in [2.75, 3.05) is 5.75 Å². The Morgan fingerprint density at radius 3 is 2.38 bits per heavy atom. The number of thioether (sulfide) groups is 1. The monoisotopic (exact) mass is 313 g/mol. The summed E-state index contributed by atoms with van der Waals surface area (Å²) in [6.45, 7) is 1.99. The molecule has 0 aliphatic carbocycles. The van der Waals surface area contributed by atoms with Gasteiger partial charge in [0.15, 0.2) is 0 Å². The zero-order valence-electron chi connectivity index (χ0n) is 11.4. The molecule has 1 N–H and O–H groups in total. The van der Waals surface area contributed by atoms with Gasteiger partial charge in [-0.1, -0.05) is 30.7 Å². The summed E-state index contributed by atoms with van der Waals surface area (Å²) in [6.07, 6.45) is 0. The third-order valence-electron chi connectivity index (χ3n) is 2.83. The van der Waals surface area contributed by atoms with Crippen molar-refractivity contribution in [1.29, 1.82) is 10.5 Å². The largest absolute Gasteiger partial charge is 0.354 e. The lowest BCUT2D eigenvalue weighted by Gasteiger charge is -2.04. The normalized spacial score (nSPS) is 9.71. The second-order valence-electron chi connectivity index (χ2n) is 4.15. The van der Waals surface area contributed by atoms with E-state index in [1.165, 1.54) is 11.8 Å². The van der Waals surface area contributed by atoms with E-state index in [2.05, 4.69) is 4.98 Å². The van der Waals surface area contributed by atoms with Crippen molar-refractivity contribution in [3.63, 3.8) is 0 Å². The van der Waals surface area contributed by atoms with Gasteiger partial charge in [-0.05, 0) is 35.6 Å². The van der Waals surface area contributed by atoms with Gasteiger partial charge >= 0.3 is 0 Å². The predicted octanol–water partition coefficient (Wildman–Crippen LogP) is 4.85. The van der Waals surface area contributed by atoms with Crippen LogP contribution in [-0.2, 0) is 0 Å². The molecule has 3 nitrogen and oxygen atoms in total. The lowest BCUT2D eigenvalue weighted by molar-refractivity contribution is 1.35. The topological polar surface area (TPSA) is 63.4 Å². The first-order chi connectivity index (χ1) is 10.2. The molecular formula is C16H12ClN3S. The van der Waals surface area contributed by atoms with Crippen LogP contribution in [-0.4, -0.2) is 10.7 Å². The van der Waals surface area contributed by atoms with Crippen LogP contribution in [0.2, 0.25) is 5.02 Å². The molecular weight excluding hydrogens is 302 g/mol. The third-order valence-corrected chi connectivity index (χ3v) is 4.08. The van der Waals surface area contributed by atoms with Gasteiger partial charge in [0.05, 0.1) is 10.6 Å². The number of aromatic nitrogens is 1. The average molecular weight is 314 g/mol. The van der Waals surface area contributed by atoms with Crippen LogP contribution in [0.15, 0.2) is 42.0 Å². The molecule has 0 bridgehead atoms. The van der Waals surface area contributed by atoms with Gasteiger partial charge in [-0.2, -0.15) is 10.5 Å². The lowest BCUT2D eigenvalue weighted by atomic mass is 10.2. The number of H-pyrrole nitrogens is 1. The molecule has 0 atom stereocenters. The SMILES string of the molecule is CCSC(=C(C#N)C#N)c1ccc(-c2ccc(Cl)cc2)[nH]1. The molecule has 5 heteroatoms. The minimum atomic E-state index is 0.131. The van der Waals surface area contributed by atoms with E-state index >= 15 is 0 Å². The number of nitrogens with zero attached hydrogens (tertiary/aromatic N) is 2. The van der Waals surface area contributed by atoms with Gasteiger partial charge in [0, 0.05) is 10.7 Å². The smallest absolute Gasteiger partial charge is 0.145 e. The second kappa shape index (κ2) is 7.04. The predicted molar refractivity (Wildman–Crippen MR) is 87.5 cm³/mol. The van der Waals surface area contributed by atoms with Crippen LogP contribution in [0.25, 0.3) is 16.2 Å². The summed E-state index contributed by atoms with van der Waals surface area (Å²) in [5.41, 5.74) is 2.84. The van der Waals surface area contributed by atoms with Crippen LogP contribution in [0, 0.1) is 22.7 Å². The number of hydrogen-bond donors (Lipinski definition) is 1. The molecule has 1 aromatic heterocycles. The molecule has 0 unspecified atom stereocenters. The number of halogens is 1. The summed E-state index contributed by atoms with van der Waals surface area (Å²) in [4.78, 5) is 3.94. The van der Waals surface area contributed by atoms with Crippen molar-refractivity contribution in [3.8, 4) is 23.4 Å². The van der Waals surface area contributed by atoms with Crippen molar-refractivity contribution in [2.24, 2.45) is 0 Å². The number of rotatable bonds is 4. The molecule has 0 saturated carbocycles. The fourth-order valence-electron chi connectivity index (χ4n) is 1.88. The number of nitrogens with one attached hydrogen (secondary N) is 1. The number of allylic oxidation sites excluding steroid dienone is 1. The maximum atomic E-state index is 9.07. The van der Waals surface area contributed by atoms with Gasteiger partial charge in [0.25, 0.3) is 0 Å². The summed E-state index contributed by atoms with van der Waals surface area (Å²) in [5.74, 6) is 0.789. The van der Waals surface area contributed by atoms with Crippen LogP contribution < -0.4 is 0 Å². The Bertz CT molecular complexity index is 729. The van der Waals surface area contributed by atoms with E-state index in [-0.39, 0.29) is 5.57 Å². The Hall–Kier alpha value is -2.14. The van der Waals surface area contributed by atoms with E-state index in [9.17, 15) is 0 Å². The average Bonchev–Trinajstić information content (AvgIpc) is 2.98. The zero-order chi connectivity index (χ0) is 15.2. The Morgan fingerprint density at radius 1 is 1.14 bits per heavy atom. The number of aromatic amines is 1. The molecule has 0 amide bonds. The molecule has 0 spiro atoms. The van der Waals surface area contributed by atoms with Crippen molar-refractivity contribution in [1.82, 2.24) is 4.98 Å². The molecule has 21 heavy (non-hydrogen) atoms. The highest BCUT2D eigenvalue weighted by Crippen LogP contribution is 2.32. The summed E-state index contributed by atoms with van der Waals surface area (Å²) in [6, 6.07) is 15.2. The zero-order valence-corrected chi connectivity index (χ0v) is 12.9. The molecule has 0 aliphatic rings. The molecule has 1 heterocycles. The van der Waals surface area contributed by atoms with Crippen LogP contribution in [0.5, 0.6) is 0 Å². The van der Waals surface area contributed by atoms with Crippen molar-refractivity contribution in [2.45, 2.75) is 6.92 Å². The van der Waals surface area contributed by atoms with E-state index in [0.29, 0.717) is 9.93 Å². The first-order valence-electron chi connectivity index (χ1n) is 6.32. The van der Waals surface area contributed by atoms with Gasteiger partial charge < -0.3 is 4.98 Å². The van der Waals surface area contributed by atoms with Gasteiger partial charge in [-0.3, -0.25) is 0 Å². The maximum absolute atomic E-state index is 9.07. The molecule has 1 aromatic carbocycles. The lowest BCUT2D eigenvalue weighted by Crippen LogP contribution is -1.87. The van der Waals surface area contributed by atoms with Crippen LogP contribution in [0.4, 0.5) is 0 Å². The van der Waals surface area contributed by atoms with Crippen LogP contribution in [0.1, 0.15) is 12.6 Å². The fourth-order valence-corrected chi connectivity index (χ4v) is 2.81. The third kappa shape index (κ3) is 3.49. The van der Waals surface area contributed by atoms with Crippen molar-refractivity contribution < 1.29 is 0 Å². The molecule has 0 saturated heterocycles. The maximum Gasteiger partial charge on any atom is 0.145 e. The minimum absolute atomic E-state index is 0.131. The van der Waals surface area contributed by atoms with Gasteiger partial charge in [0.2, 0.25) is 0 Å². The van der Waals surface area contributed by atoms with Gasteiger partial charge in [-0.25, -0.2) is 0 Å². The van der Waals surface area contributed by atoms with Crippen LogP contribution >= 0.6 is 23.4 Å². The summed E-state index contributed by atoms with van der Waals surface area (Å²) in [7, 11) is 0. The van der Waals surface area contributed by atoms with Crippen molar-refractivity contribution >= 4 is 28.3 Å². The summed E-state index contributed by atoms with van der Waals surface area (Å²) in [5, 5.41) is 18.8. The van der Waals surface area contributed by atoms with Crippen molar-refractivity contribution in [3.05, 3.63) is 52.7 Å². The molecule has 2 rings (SSSR count). The number of nitriles is 2. The fraction of sp³-hybridized carbons (Fsp3) is 0.125. The highest BCUT2D eigenvalue weighted by Gasteiger charge is 2.12.